The number of benzene rings is 1. The summed E-state index contributed by atoms with van der Waals surface area (Å²) < 4.78 is 45.1. The number of esters is 3. The SMILES string of the molecule is CCC(C)(CC(C)(CC(C)(C)C(=O)OC)C(=O)OCCO)C(=O)OCCOS(=O)(=O)c1ccc(C)cc1. The molecular weight excluding hydrogens is 504 g/mol. The van der Waals surface area contributed by atoms with Crippen LogP contribution in [-0.4, -0.2) is 65.0 Å². The first-order valence-electron chi connectivity index (χ1n) is 12.1. The van der Waals surface area contributed by atoms with Gasteiger partial charge < -0.3 is 19.3 Å². The second kappa shape index (κ2) is 13.3. The van der Waals surface area contributed by atoms with Gasteiger partial charge in [-0.1, -0.05) is 24.6 Å². The Labute approximate surface area is 219 Å². The van der Waals surface area contributed by atoms with Gasteiger partial charge in [0.05, 0.1) is 34.9 Å². The van der Waals surface area contributed by atoms with Crippen molar-refractivity contribution in [1.82, 2.24) is 0 Å². The number of ether oxygens (including phenoxy) is 3. The molecule has 11 heteroatoms. The summed E-state index contributed by atoms with van der Waals surface area (Å²) in [7, 11) is -2.76. The minimum absolute atomic E-state index is 0.00629. The van der Waals surface area contributed by atoms with Gasteiger partial charge in [-0.2, -0.15) is 8.42 Å². The van der Waals surface area contributed by atoms with E-state index in [1.54, 1.807) is 46.8 Å². The number of hydrogen-bond donors (Lipinski definition) is 1. The minimum atomic E-state index is -4.01. The molecule has 0 aliphatic rings. The van der Waals surface area contributed by atoms with Crippen molar-refractivity contribution in [1.29, 1.82) is 0 Å². The van der Waals surface area contributed by atoms with Gasteiger partial charge >= 0.3 is 17.9 Å². The second-order valence-electron chi connectivity index (χ2n) is 10.3. The van der Waals surface area contributed by atoms with E-state index >= 15 is 0 Å². The maximum absolute atomic E-state index is 13.1. The molecule has 0 saturated heterocycles. The molecular formula is C26H40O10S. The molecule has 37 heavy (non-hydrogen) atoms. The highest BCUT2D eigenvalue weighted by molar-refractivity contribution is 7.86. The molecule has 1 aromatic carbocycles. The molecule has 1 N–H and O–H groups in total. The van der Waals surface area contributed by atoms with E-state index in [0.717, 1.165) is 5.56 Å². The van der Waals surface area contributed by atoms with Gasteiger partial charge in [0.25, 0.3) is 10.1 Å². The molecule has 2 atom stereocenters. The summed E-state index contributed by atoms with van der Waals surface area (Å²) >= 11 is 0. The summed E-state index contributed by atoms with van der Waals surface area (Å²) in [6, 6.07) is 6.15. The Hall–Kier alpha value is -2.50. The number of carbonyl (C=O) groups is 3. The largest absolute Gasteiger partial charge is 0.469 e. The van der Waals surface area contributed by atoms with Crippen LogP contribution in [0.4, 0.5) is 0 Å². The van der Waals surface area contributed by atoms with Gasteiger partial charge in [0, 0.05) is 0 Å². The van der Waals surface area contributed by atoms with Crippen molar-refractivity contribution in [3.05, 3.63) is 29.8 Å². The molecule has 0 heterocycles. The fourth-order valence-corrected chi connectivity index (χ4v) is 5.16. The third-order valence-electron chi connectivity index (χ3n) is 6.31. The lowest BCUT2D eigenvalue weighted by Crippen LogP contribution is -2.44. The molecule has 0 bridgehead atoms. The first-order chi connectivity index (χ1) is 17.1. The van der Waals surface area contributed by atoms with Crippen LogP contribution in [0.5, 0.6) is 0 Å². The molecule has 0 aromatic heterocycles. The highest BCUT2D eigenvalue weighted by Gasteiger charge is 2.49. The maximum atomic E-state index is 13.1. The standard InChI is InChI=1S/C26H40O10S/c1-8-25(5,18-26(6,23(30)34-14-13-27)17-24(3,4)21(28)33-7)22(29)35-15-16-36-37(31,32)20-11-9-19(2)10-12-20/h9-12,27H,8,13-18H2,1-7H3. The Morgan fingerprint density at radius 2 is 1.38 bits per heavy atom. The molecule has 1 aromatic rings. The Bertz CT molecular complexity index is 1030. The summed E-state index contributed by atoms with van der Waals surface area (Å²) in [4.78, 5) is 38.4. The van der Waals surface area contributed by atoms with Gasteiger partial charge in [-0.15, -0.1) is 0 Å². The molecule has 0 radical (unpaired) electrons. The normalized spacial score (nSPS) is 15.2. The van der Waals surface area contributed by atoms with Crippen molar-refractivity contribution < 1.29 is 46.3 Å². The lowest BCUT2D eigenvalue weighted by Gasteiger charge is -2.39. The molecule has 0 amide bonds. The van der Waals surface area contributed by atoms with Crippen LogP contribution < -0.4 is 0 Å². The monoisotopic (exact) mass is 544 g/mol. The van der Waals surface area contributed by atoms with Crippen LogP contribution in [0.3, 0.4) is 0 Å². The van der Waals surface area contributed by atoms with E-state index in [1.165, 1.54) is 19.2 Å². The van der Waals surface area contributed by atoms with Crippen molar-refractivity contribution >= 4 is 28.0 Å². The van der Waals surface area contributed by atoms with Crippen molar-refractivity contribution in [3.8, 4) is 0 Å². The van der Waals surface area contributed by atoms with Crippen LogP contribution >= 0.6 is 0 Å². The van der Waals surface area contributed by atoms with Crippen LogP contribution in [-0.2, 0) is 42.9 Å². The Kier molecular flexibility index (Phi) is 11.7. The maximum Gasteiger partial charge on any atom is 0.311 e. The van der Waals surface area contributed by atoms with E-state index in [-0.39, 0.29) is 50.6 Å². The van der Waals surface area contributed by atoms with Crippen molar-refractivity contribution in [2.24, 2.45) is 16.2 Å². The fraction of sp³-hybridized carbons (Fsp3) is 0.654. The summed E-state index contributed by atoms with van der Waals surface area (Å²) in [5.74, 6) is -1.84. The summed E-state index contributed by atoms with van der Waals surface area (Å²) in [6.45, 7) is 8.75. The van der Waals surface area contributed by atoms with E-state index in [1.807, 2.05) is 6.92 Å². The second-order valence-corrected chi connectivity index (χ2v) is 11.9. The number of hydrogen-bond acceptors (Lipinski definition) is 10. The highest BCUT2D eigenvalue weighted by atomic mass is 32.2. The van der Waals surface area contributed by atoms with Crippen molar-refractivity contribution in [2.75, 3.05) is 33.5 Å². The number of aliphatic hydroxyl groups is 1. The molecule has 0 aliphatic heterocycles. The van der Waals surface area contributed by atoms with Gasteiger partial charge in [0.15, 0.2) is 0 Å². The number of methoxy groups -OCH3 is 1. The predicted octanol–water partition coefficient (Wildman–Crippen LogP) is 3.18. The summed E-state index contributed by atoms with van der Waals surface area (Å²) in [6.07, 6.45) is 0.274. The van der Waals surface area contributed by atoms with E-state index < -0.39 is 44.3 Å². The smallest absolute Gasteiger partial charge is 0.311 e. The fourth-order valence-electron chi connectivity index (χ4n) is 4.27. The third-order valence-corrected chi connectivity index (χ3v) is 7.63. The topological polar surface area (TPSA) is 142 Å². The zero-order valence-corrected chi connectivity index (χ0v) is 23.6. The third kappa shape index (κ3) is 9.08. The van der Waals surface area contributed by atoms with Crippen LogP contribution in [0.1, 0.15) is 59.4 Å². The van der Waals surface area contributed by atoms with Gasteiger partial charge in [-0.05, 0) is 66.0 Å². The number of carbonyl (C=O) groups excluding carboxylic acids is 3. The average molecular weight is 545 g/mol. The van der Waals surface area contributed by atoms with Gasteiger partial charge in [0.1, 0.15) is 19.8 Å². The minimum Gasteiger partial charge on any atom is -0.469 e. The summed E-state index contributed by atoms with van der Waals surface area (Å²) in [5, 5.41) is 9.09. The molecule has 10 nitrogen and oxygen atoms in total. The zero-order valence-electron chi connectivity index (χ0n) is 22.8. The van der Waals surface area contributed by atoms with Gasteiger partial charge in [-0.25, -0.2) is 0 Å². The van der Waals surface area contributed by atoms with Crippen molar-refractivity contribution in [2.45, 2.75) is 65.7 Å². The lowest BCUT2D eigenvalue weighted by atomic mass is 9.65. The number of rotatable bonds is 15. The Balaban J connectivity index is 2.97. The predicted molar refractivity (Wildman–Crippen MR) is 135 cm³/mol. The van der Waals surface area contributed by atoms with E-state index in [4.69, 9.17) is 23.5 Å². The average Bonchev–Trinajstić information content (AvgIpc) is 2.84. The summed E-state index contributed by atoms with van der Waals surface area (Å²) in [5.41, 5.74) is -2.65. The van der Waals surface area contributed by atoms with Crippen LogP contribution in [0.15, 0.2) is 29.2 Å². The molecule has 210 valence electrons. The number of aryl methyl sites for hydroxylation is 1. The van der Waals surface area contributed by atoms with Crippen LogP contribution in [0.2, 0.25) is 0 Å². The highest BCUT2D eigenvalue weighted by Crippen LogP contribution is 2.45. The van der Waals surface area contributed by atoms with E-state index in [2.05, 4.69) is 0 Å². The lowest BCUT2D eigenvalue weighted by molar-refractivity contribution is -0.169. The molecule has 0 aliphatic carbocycles. The Morgan fingerprint density at radius 3 is 1.89 bits per heavy atom. The molecule has 1 rings (SSSR count). The number of aliphatic hydroxyl groups excluding tert-OH is 1. The molecule has 0 saturated carbocycles. The van der Waals surface area contributed by atoms with Crippen LogP contribution in [0.25, 0.3) is 0 Å². The molecule has 2 unspecified atom stereocenters. The zero-order chi connectivity index (χ0) is 28.5. The van der Waals surface area contributed by atoms with E-state index in [9.17, 15) is 22.8 Å². The first kappa shape index (κ1) is 32.5. The molecule has 0 spiro atoms. The van der Waals surface area contributed by atoms with Gasteiger partial charge in [-0.3, -0.25) is 18.6 Å². The van der Waals surface area contributed by atoms with E-state index in [0.29, 0.717) is 0 Å². The van der Waals surface area contributed by atoms with Crippen molar-refractivity contribution in [3.63, 3.8) is 0 Å². The Morgan fingerprint density at radius 1 is 0.838 bits per heavy atom. The first-order valence-corrected chi connectivity index (χ1v) is 13.5. The quantitative estimate of drug-likeness (QED) is 0.151. The van der Waals surface area contributed by atoms with Gasteiger partial charge in [0.2, 0.25) is 0 Å². The molecule has 0 fully saturated rings. The van der Waals surface area contributed by atoms with Crippen LogP contribution in [0, 0.1) is 23.2 Å².